The summed E-state index contributed by atoms with van der Waals surface area (Å²) < 4.78 is 0. The van der Waals surface area contributed by atoms with Gasteiger partial charge in [0.15, 0.2) is 5.82 Å². The van der Waals surface area contributed by atoms with Crippen LogP contribution in [0.1, 0.15) is 5.82 Å². The maximum absolute atomic E-state index is 10.6. The second-order valence-corrected chi connectivity index (χ2v) is 1.76. The number of nitrogens with one attached hydrogen (secondary N) is 3. The summed E-state index contributed by atoms with van der Waals surface area (Å²) in [6.45, 7) is 0.274. The molecule has 0 atom stereocenters. The monoisotopic (exact) mass is 156 g/mol. The summed E-state index contributed by atoms with van der Waals surface area (Å²) in [6.07, 6.45) is 0. The van der Waals surface area contributed by atoms with E-state index in [0.717, 1.165) is 0 Å². The molecule has 3 N–H and O–H groups in total. The van der Waals surface area contributed by atoms with Gasteiger partial charge in [0.25, 0.3) is 0 Å². The van der Waals surface area contributed by atoms with Gasteiger partial charge in [0, 0.05) is 7.05 Å². The quantitative estimate of drug-likeness (QED) is 0.492. The second-order valence-electron chi connectivity index (χ2n) is 1.76. The van der Waals surface area contributed by atoms with Crippen LogP contribution in [0.15, 0.2) is 0 Å². The van der Waals surface area contributed by atoms with Gasteiger partial charge in [0.05, 0.1) is 6.54 Å². The Morgan fingerprint density at radius 3 is 3.09 bits per heavy atom. The van der Waals surface area contributed by atoms with E-state index in [2.05, 4.69) is 31.3 Å². The summed E-state index contributed by atoms with van der Waals surface area (Å²) in [6, 6.07) is -0.269. The van der Waals surface area contributed by atoms with E-state index in [1.807, 2.05) is 0 Å². The van der Waals surface area contributed by atoms with E-state index < -0.39 is 0 Å². The van der Waals surface area contributed by atoms with Gasteiger partial charge in [-0.25, -0.2) is 4.79 Å². The van der Waals surface area contributed by atoms with Gasteiger partial charge in [0.2, 0.25) is 0 Å². The molecule has 60 valence electrons. The number of urea groups is 1. The van der Waals surface area contributed by atoms with Gasteiger partial charge in [-0.3, -0.25) is 0 Å². The first kappa shape index (κ1) is 7.45. The Morgan fingerprint density at radius 2 is 2.55 bits per heavy atom. The normalized spacial score (nSPS) is 9.18. The minimum Gasteiger partial charge on any atom is -0.341 e. The van der Waals surface area contributed by atoms with Gasteiger partial charge in [-0.2, -0.15) is 5.21 Å². The molecule has 0 aliphatic rings. The van der Waals surface area contributed by atoms with Crippen molar-refractivity contribution in [2.24, 2.45) is 0 Å². The van der Waals surface area contributed by atoms with Crippen molar-refractivity contribution < 1.29 is 4.79 Å². The lowest BCUT2D eigenvalue weighted by molar-refractivity contribution is 0.242. The zero-order valence-corrected chi connectivity index (χ0v) is 5.96. The van der Waals surface area contributed by atoms with Crippen LogP contribution in [0.5, 0.6) is 0 Å². The number of aromatic nitrogens is 4. The van der Waals surface area contributed by atoms with Crippen molar-refractivity contribution in [3.8, 4) is 0 Å². The highest BCUT2D eigenvalue weighted by atomic mass is 16.2. The van der Waals surface area contributed by atoms with Crippen molar-refractivity contribution in [3.63, 3.8) is 0 Å². The fourth-order valence-electron chi connectivity index (χ4n) is 0.505. The molecule has 0 saturated heterocycles. The maximum Gasteiger partial charge on any atom is 0.314 e. The van der Waals surface area contributed by atoms with Crippen molar-refractivity contribution in [2.75, 3.05) is 7.05 Å². The molecule has 1 rings (SSSR count). The van der Waals surface area contributed by atoms with E-state index in [9.17, 15) is 4.79 Å². The smallest absolute Gasteiger partial charge is 0.314 e. The standard InChI is InChI=1S/C4H8N6O/c1-5-4(11)6-2-3-7-9-10-8-3/h2H2,1H3,(H2,5,6,11)(H,7,8,9,10). The SMILES string of the molecule is CNC(=O)NCc1nn[nH]n1. The molecule has 7 heteroatoms. The van der Waals surface area contributed by atoms with Gasteiger partial charge < -0.3 is 10.6 Å². The average molecular weight is 156 g/mol. The summed E-state index contributed by atoms with van der Waals surface area (Å²) in [5.74, 6) is 0.452. The number of nitrogens with zero attached hydrogens (tertiary/aromatic N) is 3. The Bertz CT molecular complexity index is 218. The number of rotatable bonds is 2. The third-order valence-electron chi connectivity index (χ3n) is 1.02. The molecule has 0 saturated carbocycles. The highest BCUT2D eigenvalue weighted by molar-refractivity contribution is 5.73. The van der Waals surface area contributed by atoms with Crippen molar-refractivity contribution >= 4 is 6.03 Å². The zero-order chi connectivity index (χ0) is 8.10. The molecule has 0 unspecified atom stereocenters. The first-order valence-corrected chi connectivity index (χ1v) is 3.01. The Hall–Kier alpha value is -1.66. The summed E-state index contributed by atoms with van der Waals surface area (Å²) in [4.78, 5) is 10.6. The lowest BCUT2D eigenvalue weighted by Gasteiger charge is -1.98. The number of tetrazole rings is 1. The van der Waals surface area contributed by atoms with Crippen LogP contribution in [-0.2, 0) is 6.54 Å². The minimum atomic E-state index is -0.269. The molecule has 0 spiro atoms. The number of amides is 2. The van der Waals surface area contributed by atoms with Crippen molar-refractivity contribution in [2.45, 2.75) is 6.54 Å². The van der Waals surface area contributed by atoms with Crippen molar-refractivity contribution in [1.82, 2.24) is 31.3 Å². The second kappa shape index (κ2) is 3.49. The molecular weight excluding hydrogens is 148 g/mol. The summed E-state index contributed by atoms with van der Waals surface area (Å²) in [5, 5.41) is 17.7. The first-order valence-electron chi connectivity index (χ1n) is 3.01. The minimum absolute atomic E-state index is 0.269. The average Bonchev–Trinajstić information content (AvgIpc) is 2.52. The Morgan fingerprint density at radius 1 is 1.73 bits per heavy atom. The summed E-state index contributed by atoms with van der Waals surface area (Å²) in [5.41, 5.74) is 0. The Kier molecular flexibility index (Phi) is 2.37. The van der Waals surface area contributed by atoms with Crippen LogP contribution in [-0.4, -0.2) is 33.7 Å². The van der Waals surface area contributed by atoms with Crippen LogP contribution in [0, 0.1) is 0 Å². The van der Waals surface area contributed by atoms with Gasteiger partial charge in [-0.1, -0.05) is 5.21 Å². The molecule has 7 nitrogen and oxygen atoms in total. The maximum atomic E-state index is 10.6. The van der Waals surface area contributed by atoms with E-state index in [4.69, 9.17) is 0 Å². The molecule has 0 bridgehead atoms. The van der Waals surface area contributed by atoms with E-state index in [0.29, 0.717) is 5.82 Å². The topological polar surface area (TPSA) is 95.6 Å². The Balaban J connectivity index is 2.29. The molecule has 0 aliphatic carbocycles. The fraction of sp³-hybridized carbons (Fsp3) is 0.500. The van der Waals surface area contributed by atoms with Gasteiger partial charge in [0.1, 0.15) is 0 Å². The number of hydrogen-bond acceptors (Lipinski definition) is 4. The molecular formula is C4H8N6O. The molecule has 1 aromatic heterocycles. The number of hydrogen-bond donors (Lipinski definition) is 3. The molecule has 1 aromatic rings. The van der Waals surface area contributed by atoms with E-state index in [1.165, 1.54) is 7.05 Å². The van der Waals surface area contributed by atoms with Crippen LogP contribution in [0.3, 0.4) is 0 Å². The van der Waals surface area contributed by atoms with Gasteiger partial charge >= 0.3 is 6.03 Å². The van der Waals surface area contributed by atoms with Crippen molar-refractivity contribution in [3.05, 3.63) is 5.82 Å². The molecule has 2 amide bonds. The summed E-state index contributed by atoms with van der Waals surface area (Å²) in [7, 11) is 1.53. The predicted octanol–water partition coefficient (Wildman–Crippen LogP) is -1.37. The third-order valence-corrected chi connectivity index (χ3v) is 1.02. The van der Waals surface area contributed by atoms with Gasteiger partial charge in [-0.05, 0) is 0 Å². The number of carbonyl (C=O) groups excluding carboxylic acids is 1. The first-order chi connectivity index (χ1) is 5.33. The van der Waals surface area contributed by atoms with Crippen LogP contribution >= 0.6 is 0 Å². The number of carbonyl (C=O) groups is 1. The molecule has 0 fully saturated rings. The summed E-state index contributed by atoms with van der Waals surface area (Å²) >= 11 is 0. The molecule has 0 aromatic carbocycles. The van der Waals surface area contributed by atoms with Crippen LogP contribution in [0.2, 0.25) is 0 Å². The highest BCUT2D eigenvalue weighted by Gasteiger charge is 1.99. The number of aromatic amines is 1. The largest absolute Gasteiger partial charge is 0.341 e. The third kappa shape index (κ3) is 2.20. The van der Waals surface area contributed by atoms with Gasteiger partial charge in [-0.15, -0.1) is 10.2 Å². The lowest BCUT2D eigenvalue weighted by Crippen LogP contribution is -2.32. The van der Waals surface area contributed by atoms with E-state index in [1.54, 1.807) is 0 Å². The van der Waals surface area contributed by atoms with Crippen LogP contribution in [0.4, 0.5) is 4.79 Å². The Labute approximate surface area is 62.6 Å². The zero-order valence-electron chi connectivity index (χ0n) is 5.96. The molecule has 11 heavy (non-hydrogen) atoms. The van der Waals surface area contributed by atoms with E-state index >= 15 is 0 Å². The van der Waals surface area contributed by atoms with Crippen LogP contribution < -0.4 is 10.6 Å². The highest BCUT2D eigenvalue weighted by Crippen LogP contribution is 1.79. The molecule has 0 aliphatic heterocycles. The van der Waals surface area contributed by atoms with E-state index in [-0.39, 0.29) is 12.6 Å². The molecule has 1 heterocycles. The van der Waals surface area contributed by atoms with Crippen molar-refractivity contribution in [1.29, 1.82) is 0 Å². The molecule has 0 radical (unpaired) electrons. The van der Waals surface area contributed by atoms with Crippen LogP contribution in [0.25, 0.3) is 0 Å². The number of H-pyrrole nitrogens is 1. The fourth-order valence-corrected chi connectivity index (χ4v) is 0.505. The lowest BCUT2D eigenvalue weighted by atomic mass is 10.6. The predicted molar refractivity (Wildman–Crippen MR) is 35.5 cm³/mol.